The third-order valence-corrected chi connectivity index (χ3v) is 2.78. The van der Waals surface area contributed by atoms with Gasteiger partial charge in [-0.25, -0.2) is 0 Å². The number of aromatic nitrogens is 1. The zero-order valence-corrected chi connectivity index (χ0v) is 9.37. The molecule has 2 heterocycles. The number of fused-ring (bicyclic) bond motifs is 1. The largest absolute Gasteiger partial charge is 0.347 e. The van der Waals surface area contributed by atoms with Crippen LogP contribution in [0.2, 0.25) is 0 Å². The maximum absolute atomic E-state index is 5.36. The van der Waals surface area contributed by atoms with Crippen LogP contribution in [0.5, 0.6) is 0 Å². The lowest BCUT2D eigenvalue weighted by atomic mass is 10.1. The Morgan fingerprint density at radius 1 is 1.12 bits per heavy atom. The summed E-state index contributed by atoms with van der Waals surface area (Å²) in [5.41, 5.74) is 1.09. The molecule has 1 aliphatic heterocycles. The molecule has 0 aliphatic carbocycles. The third-order valence-electron chi connectivity index (χ3n) is 2.78. The van der Waals surface area contributed by atoms with Crippen molar-refractivity contribution in [1.29, 1.82) is 0 Å². The van der Waals surface area contributed by atoms with Crippen LogP contribution in [0.25, 0.3) is 16.8 Å². The molecule has 3 nitrogen and oxygen atoms in total. The zero-order chi connectivity index (χ0) is 11.5. The highest BCUT2D eigenvalue weighted by Crippen LogP contribution is 2.19. The Hall–Kier alpha value is -1.71. The lowest BCUT2D eigenvalue weighted by molar-refractivity contribution is -0.000904. The first-order valence-corrected chi connectivity index (χ1v) is 5.68. The van der Waals surface area contributed by atoms with E-state index in [-0.39, 0.29) is 6.29 Å². The summed E-state index contributed by atoms with van der Waals surface area (Å²) in [5, 5.41) is 2.33. The Labute approximate surface area is 99.7 Å². The van der Waals surface area contributed by atoms with Gasteiger partial charge in [-0.2, -0.15) is 0 Å². The second kappa shape index (κ2) is 4.65. The van der Waals surface area contributed by atoms with Crippen molar-refractivity contribution in [1.82, 2.24) is 4.98 Å². The van der Waals surface area contributed by atoms with Gasteiger partial charge in [-0.05, 0) is 11.5 Å². The van der Waals surface area contributed by atoms with Crippen LogP contribution in [0.1, 0.15) is 5.56 Å². The van der Waals surface area contributed by atoms with Crippen LogP contribution in [0.3, 0.4) is 0 Å². The number of nitrogens with zero attached hydrogens (tertiary/aromatic N) is 1. The summed E-state index contributed by atoms with van der Waals surface area (Å²) in [5.74, 6) is 0. The minimum absolute atomic E-state index is 0.214. The van der Waals surface area contributed by atoms with Gasteiger partial charge in [-0.15, -0.1) is 0 Å². The molecule has 0 unspecified atom stereocenters. The van der Waals surface area contributed by atoms with Gasteiger partial charge in [0.15, 0.2) is 6.29 Å². The van der Waals surface area contributed by atoms with E-state index in [0.29, 0.717) is 13.2 Å². The molecule has 1 aromatic heterocycles. The van der Waals surface area contributed by atoms with E-state index in [4.69, 9.17) is 9.47 Å². The molecule has 0 saturated carbocycles. The van der Waals surface area contributed by atoms with Gasteiger partial charge in [0.2, 0.25) is 0 Å². The van der Waals surface area contributed by atoms with E-state index in [2.05, 4.69) is 17.1 Å². The van der Waals surface area contributed by atoms with Crippen molar-refractivity contribution < 1.29 is 9.47 Å². The van der Waals surface area contributed by atoms with Crippen LogP contribution in [0.4, 0.5) is 0 Å². The van der Waals surface area contributed by atoms with E-state index in [1.807, 2.05) is 36.7 Å². The predicted octanol–water partition coefficient (Wildman–Crippen LogP) is 2.62. The summed E-state index contributed by atoms with van der Waals surface area (Å²) in [6.07, 6.45) is 7.44. The molecule has 0 amide bonds. The molecular formula is C14H13NO2. The van der Waals surface area contributed by atoms with Gasteiger partial charge < -0.3 is 9.47 Å². The number of hydrogen-bond donors (Lipinski definition) is 0. The van der Waals surface area contributed by atoms with Crippen LogP contribution in [-0.2, 0) is 9.47 Å². The summed E-state index contributed by atoms with van der Waals surface area (Å²) in [4.78, 5) is 4.23. The van der Waals surface area contributed by atoms with Gasteiger partial charge in [0.25, 0.3) is 0 Å². The maximum atomic E-state index is 5.36. The van der Waals surface area contributed by atoms with Crippen molar-refractivity contribution in [2.75, 3.05) is 13.2 Å². The molecule has 3 rings (SSSR count). The summed E-state index contributed by atoms with van der Waals surface area (Å²) >= 11 is 0. The molecule has 86 valence electrons. The van der Waals surface area contributed by atoms with Crippen molar-refractivity contribution >= 4 is 16.8 Å². The number of hydrogen-bond acceptors (Lipinski definition) is 3. The first-order valence-electron chi connectivity index (χ1n) is 5.68. The molecule has 2 aromatic rings. The van der Waals surface area contributed by atoms with Gasteiger partial charge in [-0.1, -0.05) is 30.3 Å². The molecule has 1 aromatic carbocycles. The fourth-order valence-corrected chi connectivity index (χ4v) is 1.94. The highest BCUT2D eigenvalue weighted by atomic mass is 16.7. The average molecular weight is 227 g/mol. The van der Waals surface area contributed by atoms with Crippen LogP contribution < -0.4 is 0 Å². The Morgan fingerprint density at radius 3 is 2.82 bits per heavy atom. The quantitative estimate of drug-likeness (QED) is 0.790. The van der Waals surface area contributed by atoms with Crippen LogP contribution in [0.15, 0.2) is 42.7 Å². The molecule has 0 atom stereocenters. The van der Waals surface area contributed by atoms with E-state index >= 15 is 0 Å². The van der Waals surface area contributed by atoms with Crippen molar-refractivity contribution in [2.45, 2.75) is 6.29 Å². The molecule has 0 spiro atoms. The van der Waals surface area contributed by atoms with Gasteiger partial charge in [0, 0.05) is 23.3 Å². The van der Waals surface area contributed by atoms with Crippen LogP contribution in [0, 0.1) is 0 Å². The Morgan fingerprint density at radius 2 is 1.94 bits per heavy atom. The van der Waals surface area contributed by atoms with E-state index in [9.17, 15) is 0 Å². The minimum atomic E-state index is -0.214. The minimum Gasteiger partial charge on any atom is -0.347 e. The number of benzene rings is 1. The normalized spacial score (nSPS) is 17.2. The Kier molecular flexibility index (Phi) is 2.86. The monoisotopic (exact) mass is 227 g/mol. The molecule has 0 radical (unpaired) electrons. The molecule has 3 heteroatoms. The highest BCUT2D eigenvalue weighted by molar-refractivity contribution is 5.89. The van der Waals surface area contributed by atoms with Crippen molar-refractivity contribution in [2.24, 2.45) is 0 Å². The summed E-state index contributed by atoms with van der Waals surface area (Å²) in [7, 11) is 0. The van der Waals surface area contributed by atoms with Crippen LogP contribution >= 0.6 is 0 Å². The molecule has 0 N–H and O–H groups in total. The van der Waals surface area contributed by atoms with E-state index in [0.717, 1.165) is 10.9 Å². The summed E-state index contributed by atoms with van der Waals surface area (Å²) in [6.45, 7) is 1.34. The third kappa shape index (κ3) is 2.20. The highest BCUT2D eigenvalue weighted by Gasteiger charge is 2.11. The van der Waals surface area contributed by atoms with E-state index < -0.39 is 0 Å². The average Bonchev–Trinajstić information content (AvgIpc) is 2.89. The molecule has 0 bridgehead atoms. The van der Waals surface area contributed by atoms with Crippen molar-refractivity contribution in [3.05, 3.63) is 48.3 Å². The standard InChI is InChI=1S/C14H13NO2/c1-2-4-13-11(3-1)9-15-10-12(13)5-6-14-16-7-8-17-14/h1-6,9-10,14H,7-8H2/b6-5+. The van der Waals surface area contributed by atoms with Crippen molar-refractivity contribution in [3.8, 4) is 0 Å². The fraction of sp³-hybridized carbons (Fsp3) is 0.214. The topological polar surface area (TPSA) is 31.4 Å². The molecule has 1 fully saturated rings. The van der Waals surface area contributed by atoms with E-state index in [1.54, 1.807) is 0 Å². The molecule has 1 aliphatic rings. The second-order valence-electron chi connectivity index (χ2n) is 3.92. The number of ether oxygens (including phenoxy) is 2. The lowest BCUT2D eigenvalue weighted by Crippen LogP contribution is -2.01. The maximum Gasteiger partial charge on any atom is 0.177 e. The smallest absolute Gasteiger partial charge is 0.177 e. The number of pyridine rings is 1. The fourth-order valence-electron chi connectivity index (χ4n) is 1.94. The van der Waals surface area contributed by atoms with Gasteiger partial charge >= 0.3 is 0 Å². The molecule has 17 heavy (non-hydrogen) atoms. The number of rotatable bonds is 2. The second-order valence-corrected chi connectivity index (χ2v) is 3.92. The van der Waals surface area contributed by atoms with E-state index in [1.165, 1.54) is 5.39 Å². The SMILES string of the molecule is C(=C\C1OCCO1)/c1cncc2ccccc12. The first-order chi connectivity index (χ1) is 8.43. The van der Waals surface area contributed by atoms with Gasteiger partial charge in [-0.3, -0.25) is 4.98 Å². The zero-order valence-electron chi connectivity index (χ0n) is 9.37. The Balaban J connectivity index is 1.94. The van der Waals surface area contributed by atoms with Gasteiger partial charge in [0.05, 0.1) is 13.2 Å². The first kappa shape index (κ1) is 10.4. The summed E-state index contributed by atoms with van der Waals surface area (Å²) < 4.78 is 10.7. The molecular weight excluding hydrogens is 214 g/mol. The van der Waals surface area contributed by atoms with Gasteiger partial charge in [0.1, 0.15) is 0 Å². The van der Waals surface area contributed by atoms with Crippen molar-refractivity contribution in [3.63, 3.8) is 0 Å². The lowest BCUT2D eigenvalue weighted by Gasteiger charge is -2.03. The Bertz CT molecular complexity index is 539. The molecule has 1 saturated heterocycles. The predicted molar refractivity (Wildman–Crippen MR) is 66.5 cm³/mol. The van der Waals surface area contributed by atoms with Crippen LogP contribution in [-0.4, -0.2) is 24.5 Å². The summed E-state index contributed by atoms with van der Waals surface area (Å²) in [6, 6.07) is 8.19.